The molecule has 2 aromatic heterocycles. The van der Waals surface area contributed by atoms with Gasteiger partial charge in [-0.05, 0) is 29.8 Å². The molecule has 0 aliphatic heterocycles. The van der Waals surface area contributed by atoms with Gasteiger partial charge in [0.05, 0.1) is 24.8 Å². The summed E-state index contributed by atoms with van der Waals surface area (Å²) in [5, 5.41) is 26.0. The Morgan fingerprint density at radius 1 is 1.13 bits per heavy atom. The van der Waals surface area contributed by atoms with Crippen LogP contribution in [0.1, 0.15) is 5.89 Å². The van der Waals surface area contributed by atoms with Crippen LogP contribution in [0.5, 0.6) is 0 Å². The fraction of sp³-hybridized carbons (Fsp3) is 0.0714. The fourth-order valence-corrected chi connectivity index (χ4v) is 2.14. The number of carboxylic acids is 1. The zero-order valence-electron chi connectivity index (χ0n) is 12.1. The van der Waals surface area contributed by atoms with Crippen molar-refractivity contribution in [3.8, 4) is 22.6 Å². The van der Waals surface area contributed by atoms with Gasteiger partial charge in [0.15, 0.2) is 0 Å². The van der Waals surface area contributed by atoms with E-state index in [9.17, 15) is 9.90 Å². The van der Waals surface area contributed by atoms with Gasteiger partial charge < -0.3 is 14.3 Å². The van der Waals surface area contributed by atoms with Crippen molar-refractivity contribution in [3.05, 3.63) is 47.6 Å². The van der Waals surface area contributed by atoms with Gasteiger partial charge in [0, 0.05) is 16.1 Å². The number of aliphatic carboxylic acids is 1. The summed E-state index contributed by atoms with van der Waals surface area (Å²) in [5.74, 6) is -1.13. The van der Waals surface area contributed by atoms with E-state index in [2.05, 4.69) is 20.4 Å². The molecule has 0 aliphatic rings. The largest absolute Gasteiger partial charge is 1.00 e. The summed E-state index contributed by atoms with van der Waals surface area (Å²) in [6.45, 7) is 0. The number of hydrogen-bond donors (Lipinski definition) is 0. The number of carbonyl (C=O) groups is 1. The third kappa shape index (κ3) is 4.17. The quantitative estimate of drug-likeness (QED) is 0.519. The summed E-state index contributed by atoms with van der Waals surface area (Å²) >= 11 is 6.11. The number of hydrogen-bond acceptors (Lipinski definition) is 7. The predicted molar refractivity (Wildman–Crippen MR) is 74.5 cm³/mol. The Morgan fingerprint density at radius 3 is 2.61 bits per heavy atom. The summed E-state index contributed by atoms with van der Waals surface area (Å²) in [6, 6.07) is 6.99. The average Bonchev–Trinajstić information content (AvgIpc) is 2.95. The van der Waals surface area contributed by atoms with Gasteiger partial charge >= 0.3 is 18.9 Å². The van der Waals surface area contributed by atoms with Crippen molar-refractivity contribution in [3.63, 3.8) is 0 Å². The number of nitrogens with zero attached hydrogens (tertiary/aromatic N) is 4. The Labute approximate surface area is 147 Å². The third-order valence-electron chi connectivity index (χ3n) is 2.82. The van der Waals surface area contributed by atoms with Crippen LogP contribution < -0.4 is 24.0 Å². The van der Waals surface area contributed by atoms with E-state index < -0.39 is 12.4 Å². The van der Waals surface area contributed by atoms with Gasteiger partial charge in [0.2, 0.25) is 11.8 Å². The van der Waals surface area contributed by atoms with Gasteiger partial charge in [0.25, 0.3) is 0 Å². The molecule has 0 aliphatic carbocycles. The van der Waals surface area contributed by atoms with Gasteiger partial charge in [-0.2, -0.15) is 10.2 Å². The summed E-state index contributed by atoms with van der Waals surface area (Å²) in [7, 11) is 0. The second-order valence-corrected chi connectivity index (χ2v) is 4.85. The number of halogens is 1. The number of carboxylic acid groups (broad SMARTS) is 1. The molecule has 0 radical (unpaired) electrons. The van der Waals surface area contributed by atoms with Crippen molar-refractivity contribution in [2.75, 3.05) is 0 Å². The molecule has 0 bridgehead atoms. The number of carbonyl (C=O) groups excluding carboxylic acids is 1. The van der Waals surface area contributed by atoms with Gasteiger partial charge in [-0.3, -0.25) is 0 Å². The van der Waals surface area contributed by atoms with Crippen LogP contribution in [0.25, 0.3) is 22.6 Å². The maximum Gasteiger partial charge on any atom is 1.00 e. The second-order valence-electron chi connectivity index (χ2n) is 4.41. The van der Waals surface area contributed by atoms with Crippen LogP contribution in [0.15, 0.2) is 41.1 Å². The molecule has 110 valence electrons. The van der Waals surface area contributed by atoms with Gasteiger partial charge in [-0.15, -0.1) is 10.2 Å². The van der Waals surface area contributed by atoms with Crippen molar-refractivity contribution in [2.45, 2.75) is 6.42 Å². The molecule has 3 rings (SSSR count). The molecule has 0 saturated carbocycles. The third-order valence-corrected chi connectivity index (χ3v) is 3.04. The Balaban J connectivity index is 0.00000192. The summed E-state index contributed by atoms with van der Waals surface area (Å²) in [5.41, 5.74) is 2.21. The van der Waals surface area contributed by atoms with Crippen molar-refractivity contribution in [1.29, 1.82) is 0 Å². The van der Waals surface area contributed by atoms with Crippen LogP contribution in [0.2, 0.25) is 5.02 Å². The minimum absolute atomic E-state index is 0. The van der Waals surface area contributed by atoms with E-state index in [4.69, 9.17) is 16.0 Å². The van der Waals surface area contributed by atoms with Crippen LogP contribution in [0, 0.1) is 0 Å². The molecular formula is C14H8ClLiN4O3. The molecule has 3 aromatic rings. The van der Waals surface area contributed by atoms with E-state index in [0.717, 1.165) is 11.1 Å². The maximum atomic E-state index is 10.5. The molecule has 0 fully saturated rings. The standard InChI is InChI=1S/C14H9ClN4O3.Li/c15-11-4-9(8-1-2-16-17-7-8)3-10(5-11)14-19-18-12(22-14)6-13(20)21;/h1-5,7H,6H2,(H,20,21);/q;+1/p-1. The Hall–Kier alpha value is -2.20. The average molecular weight is 323 g/mol. The normalized spacial score (nSPS) is 10.1. The SMILES string of the molecule is O=C([O-])Cc1nnc(-c2cc(Cl)cc(-c3ccnnc3)c2)o1.[Li+]. The zero-order valence-corrected chi connectivity index (χ0v) is 12.8. The van der Waals surface area contributed by atoms with E-state index in [1.54, 1.807) is 36.7 Å². The van der Waals surface area contributed by atoms with Crippen molar-refractivity contribution in [2.24, 2.45) is 0 Å². The second kappa shape index (κ2) is 7.38. The Morgan fingerprint density at radius 2 is 1.91 bits per heavy atom. The minimum atomic E-state index is -1.29. The molecule has 1 aromatic carbocycles. The van der Waals surface area contributed by atoms with Gasteiger partial charge in [0.1, 0.15) is 0 Å². The fourth-order valence-electron chi connectivity index (χ4n) is 1.91. The monoisotopic (exact) mass is 322 g/mol. The first-order valence-electron chi connectivity index (χ1n) is 6.22. The van der Waals surface area contributed by atoms with E-state index in [1.165, 1.54) is 0 Å². The molecular weight excluding hydrogens is 315 g/mol. The summed E-state index contributed by atoms with van der Waals surface area (Å²) in [4.78, 5) is 10.5. The van der Waals surface area contributed by atoms with E-state index in [1.807, 2.05) is 0 Å². The topological polar surface area (TPSA) is 105 Å². The van der Waals surface area contributed by atoms with Crippen molar-refractivity contribution < 1.29 is 33.2 Å². The van der Waals surface area contributed by atoms with Crippen LogP contribution in [0.4, 0.5) is 0 Å². The molecule has 7 nitrogen and oxygen atoms in total. The molecule has 0 N–H and O–H groups in total. The molecule has 0 unspecified atom stereocenters. The molecule has 9 heteroatoms. The van der Waals surface area contributed by atoms with Crippen molar-refractivity contribution >= 4 is 17.6 Å². The first kappa shape index (κ1) is 17.2. The van der Waals surface area contributed by atoms with Crippen LogP contribution in [-0.4, -0.2) is 26.4 Å². The Bertz CT molecular complexity index is 826. The number of rotatable bonds is 4. The van der Waals surface area contributed by atoms with Crippen molar-refractivity contribution in [1.82, 2.24) is 20.4 Å². The summed E-state index contributed by atoms with van der Waals surface area (Å²) < 4.78 is 5.30. The number of benzene rings is 1. The van der Waals surface area contributed by atoms with Crippen LogP contribution in [0.3, 0.4) is 0 Å². The maximum absolute atomic E-state index is 10.5. The minimum Gasteiger partial charge on any atom is -0.550 e. The molecule has 23 heavy (non-hydrogen) atoms. The van der Waals surface area contributed by atoms with E-state index >= 15 is 0 Å². The van der Waals surface area contributed by atoms with E-state index in [0.29, 0.717) is 10.6 Å². The van der Waals surface area contributed by atoms with Crippen LogP contribution >= 0.6 is 11.6 Å². The molecule has 0 amide bonds. The van der Waals surface area contributed by atoms with Gasteiger partial charge in [-0.1, -0.05) is 11.6 Å². The Kier molecular flexibility index (Phi) is 5.50. The van der Waals surface area contributed by atoms with E-state index in [-0.39, 0.29) is 30.6 Å². The zero-order chi connectivity index (χ0) is 15.5. The first-order valence-corrected chi connectivity index (χ1v) is 6.60. The molecule has 2 heterocycles. The smallest absolute Gasteiger partial charge is 0.550 e. The molecule has 0 saturated heterocycles. The predicted octanol–water partition coefficient (Wildman–Crippen LogP) is -1.86. The van der Waals surface area contributed by atoms with Gasteiger partial charge in [-0.25, -0.2) is 0 Å². The number of aromatic nitrogens is 4. The molecule has 0 atom stereocenters. The van der Waals surface area contributed by atoms with Crippen LogP contribution in [-0.2, 0) is 11.2 Å². The molecule has 0 spiro atoms. The first-order chi connectivity index (χ1) is 10.6. The summed E-state index contributed by atoms with van der Waals surface area (Å²) in [6.07, 6.45) is 2.74.